The van der Waals surface area contributed by atoms with Crippen molar-refractivity contribution in [3.8, 4) is 11.5 Å². The number of hydrogen-bond acceptors (Lipinski definition) is 4. The van der Waals surface area contributed by atoms with Crippen LogP contribution in [0.15, 0.2) is 40.8 Å². The highest BCUT2D eigenvalue weighted by Gasteiger charge is 2.11. The Hall–Kier alpha value is -2.49. The van der Waals surface area contributed by atoms with Gasteiger partial charge in [0.05, 0.1) is 5.56 Å². The average molecular weight is 239 g/mol. The van der Waals surface area contributed by atoms with Gasteiger partial charge in [0, 0.05) is 11.4 Å². The van der Waals surface area contributed by atoms with Gasteiger partial charge in [-0.3, -0.25) is 0 Å². The molecule has 4 nitrogen and oxygen atoms in total. The number of benzene rings is 2. The molecule has 2 aromatic carbocycles. The zero-order valence-corrected chi connectivity index (χ0v) is 9.97. The van der Waals surface area contributed by atoms with Crippen molar-refractivity contribution in [3.63, 3.8) is 0 Å². The molecule has 90 valence electrons. The van der Waals surface area contributed by atoms with Gasteiger partial charge in [0.15, 0.2) is 5.58 Å². The van der Waals surface area contributed by atoms with Gasteiger partial charge < -0.3 is 15.9 Å². The third kappa shape index (κ3) is 1.68. The number of nitrogen functional groups attached to an aromatic ring is 2. The second-order valence-corrected chi connectivity index (χ2v) is 4.34. The molecular formula is C14H13N3O. The van der Waals surface area contributed by atoms with E-state index in [0.29, 0.717) is 22.8 Å². The van der Waals surface area contributed by atoms with Crippen LogP contribution in [0.1, 0.15) is 5.56 Å². The Morgan fingerprint density at radius 1 is 1.06 bits per heavy atom. The van der Waals surface area contributed by atoms with Gasteiger partial charge >= 0.3 is 0 Å². The van der Waals surface area contributed by atoms with Gasteiger partial charge in [-0.15, -0.1) is 0 Å². The molecule has 18 heavy (non-hydrogen) atoms. The second kappa shape index (κ2) is 3.77. The first-order valence-electron chi connectivity index (χ1n) is 5.66. The van der Waals surface area contributed by atoms with E-state index < -0.39 is 0 Å². The van der Waals surface area contributed by atoms with Crippen LogP contribution in [0.4, 0.5) is 11.4 Å². The van der Waals surface area contributed by atoms with Crippen molar-refractivity contribution in [2.24, 2.45) is 0 Å². The van der Waals surface area contributed by atoms with E-state index in [1.807, 2.05) is 31.2 Å². The minimum atomic E-state index is 0.525. The largest absolute Gasteiger partial charge is 0.436 e. The lowest BCUT2D eigenvalue weighted by Gasteiger charge is -2.01. The average Bonchev–Trinajstić information content (AvgIpc) is 2.74. The quantitative estimate of drug-likeness (QED) is 0.640. The van der Waals surface area contributed by atoms with Crippen molar-refractivity contribution >= 4 is 22.5 Å². The van der Waals surface area contributed by atoms with Crippen molar-refractivity contribution in [1.29, 1.82) is 0 Å². The van der Waals surface area contributed by atoms with E-state index in [2.05, 4.69) is 4.98 Å². The summed E-state index contributed by atoms with van der Waals surface area (Å²) in [4.78, 5) is 4.42. The first-order valence-corrected chi connectivity index (χ1v) is 5.66. The molecule has 0 atom stereocenters. The van der Waals surface area contributed by atoms with E-state index in [0.717, 1.165) is 16.6 Å². The number of oxazole rings is 1. The number of aromatic nitrogens is 1. The molecular weight excluding hydrogens is 226 g/mol. The lowest BCUT2D eigenvalue weighted by atomic mass is 10.1. The molecule has 4 N–H and O–H groups in total. The van der Waals surface area contributed by atoms with E-state index in [9.17, 15) is 0 Å². The summed E-state index contributed by atoms with van der Waals surface area (Å²) < 4.78 is 5.70. The minimum absolute atomic E-state index is 0.525. The number of nitrogens with two attached hydrogens (primary N) is 2. The van der Waals surface area contributed by atoms with Crippen molar-refractivity contribution in [3.05, 3.63) is 42.0 Å². The summed E-state index contributed by atoms with van der Waals surface area (Å²) in [5, 5.41) is 0. The first kappa shape index (κ1) is 10.7. The molecule has 1 heterocycles. The number of aryl methyl sites for hydroxylation is 1. The fourth-order valence-electron chi connectivity index (χ4n) is 1.91. The number of rotatable bonds is 1. The lowest BCUT2D eigenvalue weighted by Crippen LogP contribution is -1.90. The van der Waals surface area contributed by atoms with Crippen LogP contribution >= 0.6 is 0 Å². The van der Waals surface area contributed by atoms with Crippen LogP contribution in [0.25, 0.3) is 22.6 Å². The summed E-state index contributed by atoms with van der Waals surface area (Å²) in [6.07, 6.45) is 0. The number of fused-ring (bicyclic) bond motifs is 1. The normalized spacial score (nSPS) is 10.9. The molecule has 0 radical (unpaired) electrons. The van der Waals surface area contributed by atoms with Crippen LogP contribution in [0.5, 0.6) is 0 Å². The van der Waals surface area contributed by atoms with Crippen LogP contribution in [0.2, 0.25) is 0 Å². The standard InChI is InChI=1S/C14H13N3O/c1-8-2-4-11(16)10(6-8)14-17-12-7-9(15)3-5-13(12)18-14/h2-7H,15-16H2,1H3. The molecule has 0 aliphatic heterocycles. The van der Waals surface area contributed by atoms with Gasteiger partial charge in [0.1, 0.15) is 5.52 Å². The van der Waals surface area contributed by atoms with Gasteiger partial charge in [0.25, 0.3) is 0 Å². The van der Waals surface area contributed by atoms with Gasteiger partial charge in [-0.1, -0.05) is 11.6 Å². The van der Waals surface area contributed by atoms with Crippen LogP contribution < -0.4 is 11.5 Å². The molecule has 0 saturated carbocycles. The Morgan fingerprint density at radius 3 is 2.72 bits per heavy atom. The molecule has 0 aliphatic rings. The molecule has 4 heteroatoms. The Morgan fingerprint density at radius 2 is 1.89 bits per heavy atom. The molecule has 1 aromatic heterocycles. The highest BCUT2D eigenvalue weighted by atomic mass is 16.3. The summed E-state index contributed by atoms with van der Waals surface area (Å²) in [6.45, 7) is 2.00. The highest BCUT2D eigenvalue weighted by molar-refractivity contribution is 5.81. The predicted octanol–water partition coefficient (Wildman–Crippen LogP) is 2.97. The van der Waals surface area contributed by atoms with Gasteiger partial charge in [-0.05, 0) is 37.3 Å². The second-order valence-electron chi connectivity index (χ2n) is 4.34. The third-order valence-corrected chi connectivity index (χ3v) is 2.85. The first-order chi connectivity index (χ1) is 8.63. The molecule has 0 amide bonds. The summed E-state index contributed by atoms with van der Waals surface area (Å²) in [5.74, 6) is 0.525. The number of hydrogen-bond donors (Lipinski definition) is 2. The Kier molecular flexibility index (Phi) is 2.23. The maximum atomic E-state index is 5.95. The molecule has 0 fully saturated rings. The van der Waals surface area contributed by atoms with Gasteiger partial charge in [-0.2, -0.15) is 0 Å². The van der Waals surface area contributed by atoms with Crippen molar-refractivity contribution in [1.82, 2.24) is 4.98 Å². The van der Waals surface area contributed by atoms with E-state index in [1.54, 1.807) is 12.1 Å². The predicted molar refractivity (Wildman–Crippen MR) is 73.0 cm³/mol. The SMILES string of the molecule is Cc1ccc(N)c(-c2nc3cc(N)ccc3o2)c1. The Labute approximate surface area is 104 Å². The topological polar surface area (TPSA) is 78.1 Å². The third-order valence-electron chi connectivity index (χ3n) is 2.85. The van der Waals surface area contributed by atoms with Crippen molar-refractivity contribution < 1.29 is 4.42 Å². The molecule has 0 bridgehead atoms. The highest BCUT2D eigenvalue weighted by Crippen LogP contribution is 2.29. The molecule has 0 unspecified atom stereocenters. The number of nitrogens with zero attached hydrogens (tertiary/aromatic N) is 1. The van der Waals surface area contributed by atoms with E-state index in [4.69, 9.17) is 15.9 Å². The van der Waals surface area contributed by atoms with Crippen LogP contribution in [0, 0.1) is 6.92 Å². The smallest absolute Gasteiger partial charge is 0.229 e. The fourth-order valence-corrected chi connectivity index (χ4v) is 1.91. The molecule has 0 spiro atoms. The van der Waals surface area contributed by atoms with E-state index >= 15 is 0 Å². The summed E-state index contributed by atoms with van der Waals surface area (Å²) in [5.41, 5.74) is 16.4. The molecule has 0 aliphatic carbocycles. The van der Waals surface area contributed by atoms with E-state index in [-0.39, 0.29) is 0 Å². The van der Waals surface area contributed by atoms with Crippen molar-refractivity contribution in [2.75, 3.05) is 11.5 Å². The van der Waals surface area contributed by atoms with Crippen LogP contribution in [0.3, 0.4) is 0 Å². The van der Waals surface area contributed by atoms with E-state index in [1.165, 1.54) is 0 Å². The van der Waals surface area contributed by atoms with Crippen molar-refractivity contribution in [2.45, 2.75) is 6.92 Å². The van der Waals surface area contributed by atoms with Gasteiger partial charge in [0.2, 0.25) is 5.89 Å². The maximum Gasteiger partial charge on any atom is 0.229 e. The Balaban J connectivity index is 2.22. The summed E-state index contributed by atoms with van der Waals surface area (Å²) in [6, 6.07) is 11.2. The minimum Gasteiger partial charge on any atom is -0.436 e. The zero-order valence-electron chi connectivity index (χ0n) is 9.97. The van der Waals surface area contributed by atoms with Gasteiger partial charge in [-0.25, -0.2) is 4.98 Å². The fraction of sp³-hybridized carbons (Fsp3) is 0.0714. The number of anilines is 2. The van der Waals surface area contributed by atoms with Crippen LogP contribution in [-0.2, 0) is 0 Å². The summed E-state index contributed by atoms with van der Waals surface area (Å²) in [7, 11) is 0. The maximum absolute atomic E-state index is 5.95. The zero-order chi connectivity index (χ0) is 12.7. The summed E-state index contributed by atoms with van der Waals surface area (Å²) >= 11 is 0. The molecule has 3 aromatic rings. The lowest BCUT2D eigenvalue weighted by molar-refractivity contribution is 0.620. The monoisotopic (exact) mass is 239 g/mol. The molecule has 0 saturated heterocycles. The Bertz CT molecular complexity index is 731. The van der Waals surface area contributed by atoms with Crippen LogP contribution in [-0.4, -0.2) is 4.98 Å². The molecule has 3 rings (SSSR count).